The van der Waals surface area contributed by atoms with Crippen LogP contribution in [-0.2, 0) is 4.74 Å². The Labute approximate surface area is 132 Å². The van der Waals surface area contributed by atoms with E-state index in [1.54, 1.807) is 18.2 Å². The molecule has 0 spiro atoms. The lowest BCUT2D eigenvalue weighted by molar-refractivity contribution is 0.0158. The van der Waals surface area contributed by atoms with Gasteiger partial charge in [-0.15, -0.1) is 0 Å². The minimum absolute atomic E-state index is 0.0663. The third-order valence-electron chi connectivity index (χ3n) is 3.53. The second kappa shape index (κ2) is 6.42. The third-order valence-corrected chi connectivity index (χ3v) is 3.53. The molecular formula is C16H25N3O3. The summed E-state index contributed by atoms with van der Waals surface area (Å²) in [7, 11) is 1.64. The highest BCUT2D eigenvalue weighted by molar-refractivity contribution is 5.69. The summed E-state index contributed by atoms with van der Waals surface area (Å²) in [6.45, 7) is 9.73. The monoisotopic (exact) mass is 307 g/mol. The topological polar surface area (TPSA) is 54.9 Å². The number of hydrogen-bond donors (Lipinski definition) is 0. The van der Waals surface area contributed by atoms with Gasteiger partial charge in [0, 0.05) is 37.9 Å². The highest BCUT2D eigenvalue weighted by Gasteiger charge is 2.31. The predicted molar refractivity (Wildman–Crippen MR) is 85.4 cm³/mol. The molecule has 1 aromatic rings. The number of nitrogens with zero attached hydrogens (tertiary/aromatic N) is 3. The van der Waals surface area contributed by atoms with Crippen LogP contribution in [0.1, 0.15) is 27.7 Å². The van der Waals surface area contributed by atoms with Crippen LogP contribution in [0, 0.1) is 0 Å². The van der Waals surface area contributed by atoms with Gasteiger partial charge < -0.3 is 19.3 Å². The second-order valence-corrected chi connectivity index (χ2v) is 6.52. The molecule has 0 saturated carbocycles. The Morgan fingerprint density at radius 3 is 2.68 bits per heavy atom. The molecule has 1 aliphatic rings. The number of aromatic nitrogens is 1. The summed E-state index contributed by atoms with van der Waals surface area (Å²) < 4.78 is 10.7. The van der Waals surface area contributed by atoms with Crippen molar-refractivity contribution in [2.75, 3.05) is 31.6 Å². The van der Waals surface area contributed by atoms with Gasteiger partial charge in [-0.05, 0) is 33.8 Å². The van der Waals surface area contributed by atoms with Gasteiger partial charge in [-0.2, -0.15) is 0 Å². The van der Waals surface area contributed by atoms with Gasteiger partial charge in [0.2, 0.25) is 0 Å². The Balaban J connectivity index is 2.01. The second-order valence-electron chi connectivity index (χ2n) is 6.52. The van der Waals surface area contributed by atoms with Crippen LogP contribution in [0.4, 0.5) is 10.6 Å². The van der Waals surface area contributed by atoms with Gasteiger partial charge in [-0.3, -0.25) is 0 Å². The maximum atomic E-state index is 12.2. The number of methoxy groups -OCH3 is 1. The Morgan fingerprint density at radius 1 is 1.36 bits per heavy atom. The van der Waals surface area contributed by atoms with E-state index in [0.29, 0.717) is 6.54 Å². The van der Waals surface area contributed by atoms with Crippen molar-refractivity contribution >= 4 is 11.9 Å². The van der Waals surface area contributed by atoms with Crippen LogP contribution in [-0.4, -0.2) is 54.4 Å². The molecule has 6 nitrogen and oxygen atoms in total. The van der Waals surface area contributed by atoms with Crippen LogP contribution in [0.2, 0.25) is 0 Å². The van der Waals surface area contributed by atoms with Crippen LogP contribution >= 0.6 is 0 Å². The number of piperazine rings is 1. The molecule has 1 aromatic heterocycles. The summed E-state index contributed by atoms with van der Waals surface area (Å²) in [4.78, 5) is 20.5. The average Bonchev–Trinajstić information content (AvgIpc) is 2.45. The SMILES string of the molecule is COc1ccnc(N2CCN(C(=O)OC(C)(C)C)[C@H](C)C2)c1. The van der Waals surface area contributed by atoms with Crippen molar-refractivity contribution in [1.82, 2.24) is 9.88 Å². The zero-order valence-electron chi connectivity index (χ0n) is 14.0. The van der Waals surface area contributed by atoms with E-state index in [9.17, 15) is 4.79 Å². The lowest BCUT2D eigenvalue weighted by Gasteiger charge is -2.40. The molecule has 0 radical (unpaired) electrons. The lowest BCUT2D eigenvalue weighted by atomic mass is 10.2. The minimum atomic E-state index is -0.470. The van der Waals surface area contributed by atoms with E-state index in [2.05, 4.69) is 9.88 Å². The van der Waals surface area contributed by atoms with E-state index in [-0.39, 0.29) is 12.1 Å². The third kappa shape index (κ3) is 4.02. The van der Waals surface area contributed by atoms with Crippen molar-refractivity contribution in [3.63, 3.8) is 0 Å². The number of ether oxygens (including phenoxy) is 2. The van der Waals surface area contributed by atoms with Gasteiger partial charge in [0.1, 0.15) is 17.2 Å². The summed E-state index contributed by atoms with van der Waals surface area (Å²) >= 11 is 0. The summed E-state index contributed by atoms with van der Waals surface area (Å²) in [5, 5.41) is 0. The van der Waals surface area contributed by atoms with Crippen molar-refractivity contribution in [2.24, 2.45) is 0 Å². The van der Waals surface area contributed by atoms with Crippen LogP contribution in [0.15, 0.2) is 18.3 Å². The molecule has 6 heteroatoms. The number of hydrogen-bond acceptors (Lipinski definition) is 5. The lowest BCUT2D eigenvalue weighted by Crippen LogP contribution is -2.55. The maximum absolute atomic E-state index is 12.2. The molecule has 0 unspecified atom stereocenters. The number of carbonyl (C=O) groups is 1. The highest BCUT2D eigenvalue weighted by Crippen LogP contribution is 2.22. The van der Waals surface area contributed by atoms with Crippen LogP contribution in [0.25, 0.3) is 0 Å². The van der Waals surface area contributed by atoms with Crippen LogP contribution in [0.5, 0.6) is 5.75 Å². The van der Waals surface area contributed by atoms with Gasteiger partial charge in [-0.25, -0.2) is 9.78 Å². The normalized spacial score (nSPS) is 19.0. The van der Waals surface area contributed by atoms with Crippen molar-refractivity contribution in [2.45, 2.75) is 39.3 Å². The summed E-state index contributed by atoms with van der Waals surface area (Å²) in [6, 6.07) is 3.80. The van der Waals surface area contributed by atoms with Gasteiger partial charge in [0.05, 0.1) is 7.11 Å². The molecule has 1 atom stereocenters. The van der Waals surface area contributed by atoms with Crippen molar-refractivity contribution in [3.05, 3.63) is 18.3 Å². The molecule has 1 amide bonds. The zero-order valence-corrected chi connectivity index (χ0v) is 14.0. The molecule has 0 aromatic carbocycles. The number of anilines is 1. The van der Waals surface area contributed by atoms with Gasteiger partial charge >= 0.3 is 6.09 Å². The standard InChI is InChI=1S/C16H25N3O3/c1-12-11-18(14-10-13(21-5)6-7-17-14)8-9-19(12)15(20)22-16(2,3)4/h6-7,10,12H,8-9,11H2,1-5H3/t12-/m1/s1. The Morgan fingerprint density at radius 2 is 2.09 bits per heavy atom. The first kappa shape index (κ1) is 16.4. The zero-order chi connectivity index (χ0) is 16.3. The quantitative estimate of drug-likeness (QED) is 0.840. The number of carbonyl (C=O) groups excluding carboxylic acids is 1. The summed E-state index contributed by atoms with van der Waals surface area (Å²) in [5.41, 5.74) is -0.470. The Bertz CT molecular complexity index is 528. The predicted octanol–water partition coefficient (Wildman–Crippen LogP) is 2.54. The van der Waals surface area contributed by atoms with E-state index < -0.39 is 5.60 Å². The first-order valence-electron chi connectivity index (χ1n) is 7.55. The molecule has 2 rings (SSSR count). The van der Waals surface area contributed by atoms with E-state index >= 15 is 0 Å². The largest absolute Gasteiger partial charge is 0.497 e. The van der Waals surface area contributed by atoms with Gasteiger partial charge in [0.25, 0.3) is 0 Å². The van der Waals surface area contributed by atoms with E-state index in [1.807, 2.05) is 39.8 Å². The fourth-order valence-electron chi connectivity index (χ4n) is 2.46. The summed E-state index contributed by atoms with van der Waals surface area (Å²) in [5.74, 6) is 1.65. The van der Waals surface area contributed by atoms with E-state index in [4.69, 9.17) is 9.47 Å². The number of pyridine rings is 1. The van der Waals surface area contributed by atoms with Gasteiger partial charge in [-0.1, -0.05) is 0 Å². The fourth-order valence-corrected chi connectivity index (χ4v) is 2.46. The summed E-state index contributed by atoms with van der Waals surface area (Å²) in [6.07, 6.45) is 1.48. The maximum Gasteiger partial charge on any atom is 0.410 e. The molecule has 0 bridgehead atoms. The van der Waals surface area contributed by atoms with Gasteiger partial charge in [0.15, 0.2) is 0 Å². The minimum Gasteiger partial charge on any atom is -0.497 e. The van der Waals surface area contributed by atoms with Crippen molar-refractivity contribution in [1.29, 1.82) is 0 Å². The molecule has 22 heavy (non-hydrogen) atoms. The van der Waals surface area contributed by atoms with Crippen molar-refractivity contribution in [3.8, 4) is 5.75 Å². The Hall–Kier alpha value is -1.98. The molecule has 0 aliphatic carbocycles. The first-order chi connectivity index (χ1) is 10.3. The number of amides is 1. The average molecular weight is 307 g/mol. The van der Waals surface area contributed by atoms with E-state index in [1.165, 1.54) is 0 Å². The Kier molecular flexibility index (Phi) is 4.78. The number of rotatable bonds is 2. The molecule has 1 saturated heterocycles. The molecule has 1 fully saturated rings. The van der Waals surface area contributed by atoms with Crippen molar-refractivity contribution < 1.29 is 14.3 Å². The molecule has 122 valence electrons. The smallest absolute Gasteiger partial charge is 0.410 e. The van der Waals surface area contributed by atoms with Crippen LogP contribution < -0.4 is 9.64 Å². The molecule has 0 N–H and O–H groups in total. The molecule has 2 heterocycles. The van der Waals surface area contributed by atoms with Crippen LogP contribution in [0.3, 0.4) is 0 Å². The fraction of sp³-hybridized carbons (Fsp3) is 0.625. The van der Waals surface area contributed by atoms with E-state index in [0.717, 1.165) is 24.7 Å². The molecular weight excluding hydrogens is 282 g/mol. The molecule has 1 aliphatic heterocycles. The highest BCUT2D eigenvalue weighted by atomic mass is 16.6. The first-order valence-corrected chi connectivity index (χ1v) is 7.55.